The van der Waals surface area contributed by atoms with Crippen LogP contribution in [0.5, 0.6) is 5.75 Å². The van der Waals surface area contributed by atoms with Crippen LogP contribution in [-0.4, -0.2) is 20.1 Å². The van der Waals surface area contributed by atoms with Gasteiger partial charge in [-0.2, -0.15) is 0 Å². The van der Waals surface area contributed by atoms with Gasteiger partial charge < -0.3 is 15.0 Å². The van der Waals surface area contributed by atoms with Crippen molar-refractivity contribution in [1.82, 2.24) is 14.5 Å². The molecule has 0 spiro atoms. The van der Waals surface area contributed by atoms with Crippen LogP contribution in [0.4, 0.5) is 8.78 Å². The lowest BCUT2D eigenvalue weighted by molar-refractivity contribution is 0.294. The van der Waals surface area contributed by atoms with E-state index in [1.807, 2.05) is 44.4 Å². The smallest absolute Gasteiger partial charge is 0.185 e. The Morgan fingerprint density at radius 3 is 2.55 bits per heavy atom. The number of nitrogens with two attached hydrogens (primary N) is 1. The quantitative estimate of drug-likeness (QED) is 0.482. The number of pyridine rings is 1. The number of benzene rings is 1. The van der Waals surface area contributed by atoms with Crippen molar-refractivity contribution >= 4 is 5.65 Å². The van der Waals surface area contributed by atoms with Gasteiger partial charge in [-0.3, -0.25) is 4.40 Å². The van der Waals surface area contributed by atoms with Crippen LogP contribution in [0.1, 0.15) is 36.4 Å². The summed E-state index contributed by atoms with van der Waals surface area (Å²) in [5.74, 6) is -0.331. The highest BCUT2D eigenvalue weighted by Gasteiger charge is 2.21. The van der Waals surface area contributed by atoms with E-state index in [2.05, 4.69) is 10.1 Å². The first-order valence-electron chi connectivity index (χ1n) is 9.92. The van der Waals surface area contributed by atoms with Crippen molar-refractivity contribution < 1.29 is 18.0 Å². The van der Waals surface area contributed by atoms with E-state index < -0.39 is 17.2 Å². The Hall–Kier alpha value is -3.26. The van der Waals surface area contributed by atoms with E-state index in [0.29, 0.717) is 29.3 Å². The number of fused-ring (bicyclic) bond motifs is 1. The van der Waals surface area contributed by atoms with E-state index >= 15 is 0 Å². The Balaban J connectivity index is 1.72. The lowest BCUT2D eigenvalue weighted by Gasteiger charge is -2.15. The van der Waals surface area contributed by atoms with E-state index in [0.717, 1.165) is 17.0 Å². The molecule has 0 saturated carbocycles. The van der Waals surface area contributed by atoms with Gasteiger partial charge in [0, 0.05) is 24.2 Å². The molecule has 0 atom stereocenters. The highest BCUT2D eigenvalue weighted by atomic mass is 19.1. The lowest BCUT2D eigenvalue weighted by Crippen LogP contribution is -2.34. The van der Waals surface area contributed by atoms with Crippen LogP contribution in [0.3, 0.4) is 0 Å². The Morgan fingerprint density at radius 2 is 1.87 bits per heavy atom. The van der Waals surface area contributed by atoms with Gasteiger partial charge >= 0.3 is 0 Å². The van der Waals surface area contributed by atoms with Crippen molar-refractivity contribution in [2.45, 2.75) is 46.3 Å². The number of aryl methyl sites for hydroxylation is 2. The number of hydrogen-bond donors (Lipinski definition) is 1. The first kappa shape index (κ1) is 21.0. The van der Waals surface area contributed by atoms with Gasteiger partial charge in [-0.25, -0.2) is 13.8 Å². The average Bonchev–Trinajstić information content (AvgIpc) is 3.22. The molecule has 0 radical (unpaired) electrons. The van der Waals surface area contributed by atoms with Gasteiger partial charge in [0.05, 0.1) is 17.0 Å². The number of imidazole rings is 1. The molecule has 6 nitrogen and oxygen atoms in total. The minimum Gasteiger partial charge on any atom is -0.485 e. The van der Waals surface area contributed by atoms with E-state index in [1.165, 1.54) is 18.2 Å². The standard InChI is InChI=1S/C23H24F2N4O2/c1-13-8-20(30-12-16-17(24)6-5-7-18(16)25)22-27-14(2)21(29(22)11-13)19-9-15(28-31-19)10-23(3,4)26/h5-9,11H,10,12,26H2,1-4H3. The summed E-state index contributed by atoms with van der Waals surface area (Å²) in [6.45, 7) is 7.35. The highest BCUT2D eigenvalue weighted by molar-refractivity contribution is 5.67. The second-order valence-electron chi connectivity index (χ2n) is 8.46. The number of rotatable bonds is 6. The van der Waals surface area contributed by atoms with Crippen LogP contribution in [-0.2, 0) is 13.0 Å². The summed E-state index contributed by atoms with van der Waals surface area (Å²) in [6.07, 6.45) is 2.46. The molecule has 4 aromatic rings. The van der Waals surface area contributed by atoms with Crippen LogP contribution in [0.15, 0.2) is 41.1 Å². The first-order chi connectivity index (χ1) is 14.6. The summed E-state index contributed by atoms with van der Waals surface area (Å²) in [7, 11) is 0. The second kappa shape index (κ2) is 7.77. The summed E-state index contributed by atoms with van der Waals surface area (Å²) < 4.78 is 41.2. The van der Waals surface area contributed by atoms with Crippen LogP contribution >= 0.6 is 0 Å². The molecule has 1 aromatic carbocycles. The molecule has 31 heavy (non-hydrogen) atoms. The Labute approximate surface area is 178 Å². The van der Waals surface area contributed by atoms with Crippen molar-refractivity contribution in [3.05, 3.63) is 70.7 Å². The Bertz CT molecular complexity index is 1230. The van der Waals surface area contributed by atoms with Crippen molar-refractivity contribution in [2.75, 3.05) is 0 Å². The predicted octanol–water partition coefficient (Wildman–Crippen LogP) is 4.74. The molecule has 0 fully saturated rings. The summed E-state index contributed by atoms with van der Waals surface area (Å²) in [5.41, 5.74) is 9.14. The van der Waals surface area contributed by atoms with Gasteiger partial charge in [0.25, 0.3) is 0 Å². The second-order valence-corrected chi connectivity index (χ2v) is 8.46. The molecular weight excluding hydrogens is 402 g/mol. The predicted molar refractivity (Wildman–Crippen MR) is 113 cm³/mol. The molecule has 0 unspecified atom stereocenters. The fraction of sp³-hybridized carbons (Fsp3) is 0.304. The maximum atomic E-state index is 14.0. The van der Waals surface area contributed by atoms with E-state index in [9.17, 15) is 8.78 Å². The summed E-state index contributed by atoms with van der Waals surface area (Å²) in [6, 6.07) is 7.36. The number of hydrogen-bond acceptors (Lipinski definition) is 5. The third kappa shape index (κ3) is 4.29. The molecule has 8 heteroatoms. The van der Waals surface area contributed by atoms with E-state index in [4.69, 9.17) is 15.0 Å². The van der Waals surface area contributed by atoms with Crippen LogP contribution in [0.25, 0.3) is 17.1 Å². The summed E-state index contributed by atoms with van der Waals surface area (Å²) in [4.78, 5) is 4.61. The van der Waals surface area contributed by atoms with Crippen molar-refractivity contribution in [2.24, 2.45) is 5.73 Å². The van der Waals surface area contributed by atoms with Crippen LogP contribution < -0.4 is 10.5 Å². The molecule has 4 rings (SSSR count). The molecule has 0 amide bonds. The van der Waals surface area contributed by atoms with Crippen LogP contribution in [0, 0.1) is 25.5 Å². The van der Waals surface area contributed by atoms with E-state index in [-0.39, 0.29) is 12.2 Å². The molecule has 0 bridgehead atoms. The molecule has 3 aromatic heterocycles. The largest absolute Gasteiger partial charge is 0.485 e. The minimum atomic E-state index is -0.652. The number of nitrogens with zero attached hydrogens (tertiary/aromatic N) is 3. The van der Waals surface area contributed by atoms with Crippen molar-refractivity contribution in [3.63, 3.8) is 0 Å². The van der Waals surface area contributed by atoms with Gasteiger partial charge in [-0.05, 0) is 51.5 Å². The molecule has 3 heterocycles. The van der Waals surface area contributed by atoms with Gasteiger partial charge in [-0.1, -0.05) is 11.2 Å². The lowest BCUT2D eigenvalue weighted by atomic mass is 10.00. The molecule has 2 N–H and O–H groups in total. The van der Waals surface area contributed by atoms with Gasteiger partial charge in [-0.15, -0.1) is 0 Å². The highest BCUT2D eigenvalue weighted by Crippen LogP contribution is 2.31. The molecule has 0 aliphatic heterocycles. The molecule has 0 saturated heterocycles. The number of aromatic nitrogens is 3. The zero-order valence-corrected chi connectivity index (χ0v) is 17.9. The zero-order valence-electron chi connectivity index (χ0n) is 17.9. The maximum Gasteiger partial charge on any atom is 0.185 e. The van der Waals surface area contributed by atoms with E-state index in [1.54, 1.807) is 6.07 Å². The topological polar surface area (TPSA) is 78.6 Å². The van der Waals surface area contributed by atoms with Crippen LogP contribution in [0.2, 0.25) is 0 Å². The molecule has 0 aliphatic rings. The normalized spacial score (nSPS) is 12.0. The first-order valence-corrected chi connectivity index (χ1v) is 9.92. The SMILES string of the molecule is Cc1cc(OCc2c(F)cccc2F)c2nc(C)c(-c3cc(CC(C)(C)N)no3)n2c1. The molecule has 0 aliphatic carbocycles. The summed E-state index contributed by atoms with van der Waals surface area (Å²) in [5, 5.41) is 4.14. The van der Waals surface area contributed by atoms with Gasteiger partial charge in [0.2, 0.25) is 0 Å². The Kier molecular flexibility index (Phi) is 5.26. The third-order valence-electron chi connectivity index (χ3n) is 4.86. The Morgan fingerprint density at radius 1 is 1.16 bits per heavy atom. The summed E-state index contributed by atoms with van der Waals surface area (Å²) >= 11 is 0. The van der Waals surface area contributed by atoms with Crippen molar-refractivity contribution in [3.8, 4) is 17.2 Å². The van der Waals surface area contributed by atoms with Crippen molar-refractivity contribution in [1.29, 1.82) is 0 Å². The fourth-order valence-corrected chi connectivity index (χ4v) is 3.55. The minimum absolute atomic E-state index is 0.130. The number of halogens is 2. The average molecular weight is 426 g/mol. The van der Waals surface area contributed by atoms with Gasteiger partial charge in [0.1, 0.15) is 23.9 Å². The maximum absolute atomic E-state index is 14.0. The third-order valence-corrected chi connectivity index (χ3v) is 4.86. The number of ether oxygens (including phenoxy) is 1. The zero-order chi connectivity index (χ0) is 22.3. The molecular formula is C23H24F2N4O2. The molecule has 162 valence electrons. The fourth-order valence-electron chi connectivity index (χ4n) is 3.55. The monoisotopic (exact) mass is 426 g/mol. The van der Waals surface area contributed by atoms with Gasteiger partial charge in [0.15, 0.2) is 17.2 Å².